The van der Waals surface area contributed by atoms with E-state index in [1.165, 1.54) is 23.1 Å². The maximum absolute atomic E-state index is 13.2. The van der Waals surface area contributed by atoms with Gasteiger partial charge in [0.25, 0.3) is 5.91 Å². The van der Waals surface area contributed by atoms with Gasteiger partial charge >= 0.3 is 6.18 Å². The lowest BCUT2D eigenvalue weighted by atomic mass is 10.1. The highest BCUT2D eigenvalue weighted by atomic mass is 32.2. The molecule has 3 rings (SSSR count). The van der Waals surface area contributed by atoms with E-state index in [2.05, 4.69) is 0 Å². The fraction of sp³-hybridized carbons (Fsp3) is 0.600. The summed E-state index contributed by atoms with van der Waals surface area (Å²) >= 11 is 0. The van der Waals surface area contributed by atoms with E-state index in [1.54, 1.807) is 11.8 Å². The third kappa shape index (κ3) is 5.57. The first-order valence-electron chi connectivity index (χ1n) is 10.2. The molecule has 1 unspecified atom stereocenters. The summed E-state index contributed by atoms with van der Waals surface area (Å²) in [5, 5.41) is 0. The van der Waals surface area contributed by atoms with Gasteiger partial charge in [-0.2, -0.15) is 13.2 Å². The number of hydrogen-bond acceptors (Lipinski definition) is 5. The molecule has 0 spiro atoms. The zero-order chi connectivity index (χ0) is 22.8. The fourth-order valence-electron chi connectivity index (χ4n) is 4.14. The summed E-state index contributed by atoms with van der Waals surface area (Å²) in [5.74, 6) is -0.785. The summed E-state index contributed by atoms with van der Waals surface area (Å²) in [7, 11) is -3.11. The minimum atomic E-state index is -4.61. The fourth-order valence-corrected chi connectivity index (χ4v) is 5.87. The first-order chi connectivity index (χ1) is 14.5. The van der Waals surface area contributed by atoms with Crippen LogP contribution in [0.1, 0.15) is 29.3 Å². The second-order valence-electron chi connectivity index (χ2n) is 7.85. The average Bonchev–Trinajstić information content (AvgIpc) is 3.07. The van der Waals surface area contributed by atoms with E-state index in [0.717, 1.165) is 6.07 Å². The molecule has 0 aliphatic carbocycles. The lowest BCUT2D eigenvalue weighted by molar-refractivity contribution is -0.138. The molecule has 0 N–H and O–H groups in total. The Hall–Kier alpha value is -2.14. The van der Waals surface area contributed by atoms with Gasteiger partial charge < -0.3 is 9.80 Å². The Labute approximate surface area is 179 Å². The summed E-state index contributed by atoms with van der Waals surface area (Å²) in [6.07, 6.45) is -4.18. The van der Waals surface area contributed by atoms with E-state index in [4.69, 9.17) is 0 Å². The molecule has 31 heavy (non-hydrogen) atoms. The number of amides is 2. The number of halogens is 3. The van der Waals surface area contributed by atoms with Crippen LogP contribution in [0.5, 0.6) is 0 Å². The quantitative estimate of drug-likeness (QED) is 0.664. The van der Waals surface area contributed by atoms with Gasteiger partial charge in [0.2, 0.25) is 5.91 Å². The minimum absolute atomic E-state index is 0.0204. The third-order valence-electron chi connectivity index (χ3n) is 5.79. The maximum atomic E-state index is 13.2. The summed E-state index contributed by atoms with van der Waals surface area (Å²) in [6.45, 7) is 3.43. The second kappa shape index (κ2) is 9.15. The van der Waals surface area contributed by atoms with Crippen LogP contribution in [0.2, 0.25) is 0 Å². The van der Waals surface area contributed by atoms with E-state index in [1.807, 2.05) is 4.90 Å². The average molecular weight is 462 g/mol. The van der Waals surface area contributed by atoms with Crippen molar-refractivity contribution in [2.75, 3.05) is 50.8 Å². The molecular weight excluding hydrogens is 435 g/mol. The lowest BCUT2D eigenvalue weighted by Gasteiger charge is -2.36. The predicted octanol–water partition coefficient (Wildman–Crippen LogP) is 1.50. The van der Waals surface area contributed by atoms with Gasteiger partial charge in [-0.25, -0.2) is 8.42 Å². The van der Waals surface area contributed by atoms with E-state index in [-0.39, 0.29) is 48.7 Å². The van der Waals surface area contributed by atoms with Crippen molar-refractivity contribution in [2.45, 2.75) is 25.6 Å². The normalized spacial score (nSPS) is 21.8. The number of nitrogens with zero attached hydrogens (tertiary/aromatic N) is 3. The number of sulfone groups is 1. The maximum Gasteiger partial charge on any atom is 0.417 e. The molecule has 1 aromatic carbocycles. The molecule has 0 aromatic heterocycles. The van der Waals surface area contributed by atoms with Crippen LogP contribution >= 0.6 is 0 Å². The zero-order valence-electron chi connectivity index (χ0n) is 17.3. The Balaban J connectivity index is 1.57. The molecule has 1 atom stereocenters. The lowest BCUT2D eigenvalue weighted by Crippen LogP contribution is -2.53. The molecule has 2 fully saturated rings. The number of likely N-dealkylation sites (N-methyl/N-ethyl adjacent to an activating group) is 1. The Bertz CT molecular complexity index is 928. The van der Waals surface area contributed by atoms with Crippen molar-refractivity contribution < 1.29 is 31.2 Å². The van der Waals surface area contributed by atoms with Crippen molar-refractivity contribution >= 4 is 21.7 Å². The number of carbonyl (C=O) groups is 2. The van der Waals surface area contributed by atoms with Crippen LogP contribution in [0.15, 0.2) is 24.3 Å². The molecule has 2 aliphatic rings. The molecule has 2 aliphatic heterocycles. The van der Waals surface area contributed by atoms with Crippen molar-refractivity contribution in [3.05, 3.63) is 35.4 Å². The van der Waals surface area contributed by atoms with Gasteiger partial charge in [-0.15, -0.1) is 0 Å². The number of alkyl halides is 3. The van der Waals surface area contributed by atoms with Gasteiger partial charge in [-0.3, -0.25) is 14.5 Å². The summed E-state index contributed by atoms with van der Waals surface area (Å²) < 4.78 is 63.1. The summed E-state index contributed by atoms with van der Waals surface area (Å²) in [4.78, 5) is 30.2. The number of rotatable bonds is 5. The molecule has 172 valence electrons. The van der Waals surface area contributed by atoms with Crippen molar-refractivity contribution in [2.24, 2.45) is 0 Å². The Morgan fingerprint density at radius 3 is 2.32 bits per heavy atom. The van der Waals surface area contributed by atoms with Gasteiger partial charge in [-0.1, -0.05) is 12.1 Å². The molecule has 2 amide bonds. The van der Waals surface area contributed by atoms with Crippen molar-refractivity contribution in [1.82, 2.24) is 14.7 Å². The molecule has 0 bridgehead atoms. The second-order valence-corrected chi connectivity index (χ2v) is 10.1. The van der Waals surface area contributed by atoms with Gasteiger partial charge in [0.1, 0.15) is 0 Å². The third-order valence-corrected chi connectivity index (χ3v) is 7.54. The standard InChI is InChI=1S/C20H26F3N3O4S/c1-2-26(15-7-12-31(29,30)14-15)18(27)13-24-8-10-25(11-9-24)19(28)16-5-3-4-6-17(16)20(21,22)23/h3-6,15H,2,7-14H2,1H3. The summed E-state index contributed by atoms with van der Waals surface area (Å²) in [6, 6.07) is 4.41. The topological polar surface area (TPSA) is 78.0 Å². The molecule has 7 nitrogen and oxygen atoms in total. The first-order valence-corrected chi connectivity index (χ1v) is 12.0. The first kappa shape index (κ1) is 23.5. The van der Waals surface area contributed by atoms with E-state index in [0.29, 0.717) is 26.1 Å². The van der Waals surface area contributed by atoms with E-state index < -0.39 is 27.5 Å². The molecule has 0 saturated carbocycles. The molecule has 2 saturated heterocycles. The molecule has 0 radical (unpaired) electrons. The zero-order valence-corrected chi connectivity index (χ0v) is 18.1. The molecular formula is C20H26F3N3O4S. The van der Waals surface area contributed by atoms with Crippen LogP contribution in [-0.2, 0) is 20.8 Å². The highest BCUT2D eigenvalue weighted by molar-refractivity contribution is 7.91. The van der Waals surface area contributed by atoms with Crippen LogP contribution in [-0.4, -0.2) is 91.7 Å². The number of hydrogen-bond donors (Lipinski definition) is 0. The van der Waals surface area contributed by atoms with Gasteiger partial charge in [-0.05, 0) is 25.5 Å². The number of piperazine rings is 1. The van der Waals surface area contributed by atoms with Crippen LogP contribution in [0.3, 0.4) is 0 Å². The van der Waals surface area contributed by atoms with Gasteiger partial charge in [0.15, 0.2) is 9.84 Å². The highest BCUT2D eigenvalue weighted by Crippen LogP contribution is 2.32. The molecule has 1 aromatic rings. The summed E-state index contributed by atoms with van der Waals surface area (Å²) in [5.41, 5.74) is -1.33. The predicted molar refractivity (Wildman–Crippen MR) is 108 cm³/mol. The van der Waals surface area contributed by atoms with Crippen LogP contribution in [0, 0.1) is 0 Å². The van der Waals surface area contributed by atoms with Crippen molar-refractivity contribution in [1.29, 1.82) is 0 Å². The van der Waals surface area contributed by atoms with Gasteiger partial charge in [0.05, 0.1) is 29.2 Å². The Morgan fingerprint density at radius 1 is 1.13 bits per heavy atom. The van der Waals surface area contributed by atoms with Crippen molar-refractivity contribution in [3.8, 4) is 0 Å². The Morgan fingerprint density at radius 2 is 1.77 bits per heavy atom. The highest BCUT2D eigenvalue weighted by Gasteiger charge is 2.37. The smallest absolute Gasteiger partial charge is 0.338 e. The largest absolute Gasteiger partial charge is 0.417 e. The SMILES string of the molecule is CCN(C(=O)CN1CCN(C(=O)c2ccccc2C(F)(F)F)CC1)C1CCS(=O)(=O)C1. The number of benzene rings is 1. The van der Waals surface area contributed by atoms with Crippen LogP contribution in [0.25, 0.3) is 0 Å². The van der Waals surface area contributed by atoms with Crippen LogP contribution in [0.4, 0.5) is 13.2 Å². The van der Waals surface area contributed by atoms with E-state index in [9.17, 15) is 31.2 Å². The number of carbonyl (C=O) groups excluding carboxylic acids is 2. The molecule has 11 heteroatoms. The Kier molecular flexibility index (Phi) is 6.95. The van der Waals surface area contributed by atoms with E-state index >= 15 is 0 Å². The van der Waals surface area contributed by atoms with Crippen LogP contribution < -0.4 is 0 Å². The van der Waals surface area contributed by atoms with Gasteiger partial charge in [0, 0.05) is 38.8 Å². The molecule has 2 heterocycles. The van der Waals surface area contributed by atoms with Crippen molar-refractivity contribution in [3.63, 3.8) is 0 Å². The minimum Gasteiger partial charge on any atom is -0.338 e. The monoisotopic (exact) mass is 461 g/mol.